The Bertz CT molecular complexity index is 918. The van der Waals surface area contributed by atoms with Gasteiger partial charge >= 0.3 is 11.9 Å². The van der Waals surface area contributed by atoms with E-state index in [4.69, 9.17) is 9.47 Å². The van der Waals surface area contributed by atoms with Crippen molar-refractivity contribution in [2.45, 2.75) is 6.92 Å². The van der Waals surface area contributed by atoms with E-state index in [-0.39, 0.29) is 0 Å². The number of aromatic nitrogens is 1. The van der Waals surface area contributed by atoms with Crippen LogP contribution in [-0.4, -0.2) is 24.0 Å². The molecule has 25 heavy (non-hydrogen) atoms. The molecule has 0 amide bonds. The number of thiazole rings is 1. The Hall–Kier alpha value is -2.99. The normalized spacial score (nSPS) is 10.3. The summed E-state index contributed by atoms with van der Waals surface area (Å²) in [7, 11) is 1.32. The average molecular weight is 353 g/mol. The van der Waals surface area contributed by atoms with Crippen molar-refractivity contribution in [3.63, 3.8) is 0 Å². The Balaban J connectivity index is 2.06. The third-order valence-corrected chi connectivity index (χ3v) is 4.35. The standard InChI is InChI=1S/C19H15NO4S/c1-12(21)24-14-8-9-15(19(22)23-2)16(10-14)17-11-25-18(20-17)13-6-4-3-5-7-13/h3-11H,1-2H3. The average Bonchev–Trinajstić information content (AvgIpc) is 3.11. The van der Waals surface area contributed by atoms with E-state index in [9.17, 15) is 9.59 Å². The maximum atomic E-state index is 12.1. The number of rotatable bonds is 4. The number of nitrogens with zero attached hydrogens (tertiary/aromatic N) is 1. The van der Waals surface area contributed by atoms with E-state index in [2.05, 4.69) is 4.98 Å². The van der Waals surface area contributed by atoms with Crippen molar-refractivity contribution in [2.75, 3.05) is 7.11 Å². The van der Waals surface area contributed by atoms with Crippen LogP contribution in [-0.2, 0) is 9.53 Å². The first-order valence-corrected chi connectivity index (χ1v) is 8.38. The summed E-state index contributed by atoms with van der Waals surface area (Å²) in [5.74, 6) is -0.553. The van der Waals surface area contributed by atoms with Gasteiger partial charge in [0.25, 0.3) is 0 Å². The van der Waals surface area contributed by atoms with Gasteiger partial charge in [-0.3, -0.25) is 4.79 Å². The summed E-state index contributed by atoms with van der Waals surface area (Å²) < 4.78 is 9.96. The van der Waals surface area contributed by atoms with Crippen molar-refractivity contribution in [1.82, 2.24) is 4.98 Å². The van der Waals surface area contributed by atoms with Crippen LogP contribution < -0.4 is 4.74 Å². The highest BCUT2D eigenvalue weighted by Crippen LogP contribution is 2.33. The van der Waals surface area contributed by atoms with Crippen LogP contribution in [0.2, 0.25) is 0 Å². The summed E-state index contributed by atoms with van der Waals surface area (Å²) in [5.41, 5.74) is 2.54. The smallest absolute Gasteiger partial charge is 0.338 e. The van der Waals surface area contributed by atoms with Crippen LogP contribution >= 0.6 is 11.3 Å². The minimum absolute atomic E-state index is 0.351. The van der Waals surface area contributed by atoms with E-state index in [1.54, 1.807) is 18.2 Å². The van der Waals surface area contributed by atoms with E-state index in [1.165, 1.54) is 25.4 Å². The lowest BCUT2D eigenvalue weighted by molar-refractivity contribution is -0.131. The molecule has 0 bridgehead atoms. The van der Waals surface area contributed by atoms with Gasteiger partial charge in [0.1, 0.15) is 10.8 Å². The lowest BCUT2D eigenvalue weighted by atomic mass is 10.0. The molecule has 0 atom stereocenters. The molecular formula is C19H15NO4S. The molecule has 0 N–H and O–H groups in total. The molecule has 2 aromatic carbocycles. The van der Waals surface area contributed by atoms with Crippen LogP contribution in [0.5, 0.6) is 5.75 Å². The fourth-order valence-corrected chi connectivity index (χ4v) is 3.19. The summed E-state index contributed by atoms with van der Waals surface area (Å²) in [4.78, 5) is 27.9. The molecule has 0 aliphatic carbocycles. The topological polar surface area (TPSA) is 65.5 Å². The molecule has 0 aliphatic rings. The molecule has 0 saturated carbocycles. The van der Waals surface area contributed by atoms with Gasteiger partial charge in [0.2, 0.25) is 0 Å². The highest BCUT2D eigenvalue weighted by atomic mass is 32.1. The maximum Gasteiger partial charge on any atom is 0.338 e. The van der Waals surface area contributed by atoms with Crippen molar-refractivity contribution in [1.29, 1.82) is 0 Å². The van der Waals surface area contributed by atoms with E-state index in [0.29, 0.717) is 22.6 Å². The Labute approximate surface area is 148 Å². The van der Waals surface area contributed by atoms with E-state index in [0.717, 1.165) is 10.6 Å². The molecule has 5 nitrogen and oxygen atoms in total. The molecule has 0 saturated heterocycles. The summed E-state index contributed by atoms with van der Waals surface area (Å²) in [6.07, 6.45) is 0. The van der Waals surface area contributed by atoms with Crippen LogP contribution in [0.1, 0.15) is 17.3 Å². The molecule has 3 aromatic rings. The zero-order valence-electron chi connectivity index (χ0n) is 13.7. The highest BCUT2D eigenvalue weighted by Gasteiger charge is 2.17. The SMILES string of the molecule is COC(=O)c1ccc(OC(C)=O)cc1-c1csc(-c2ccccc2)n1. The molecule has 126 valence electrons. The quantitative estimate of drug-likeness (QED) is 0.520. The van der Waals surface area contributed by atoms with Gasteiger partial charge in [-0.1, -0.05) is 30.3 Å². The lowest BCUT2D eigenvalue weighted by Gasteiger charge is -2.08. The molecular weight excluding hydrogens is 338 g/mol. The van der Waals surface area contributed by atoms with E-state index < -0.39 is 11.9 Å². The molecule has 0 aliphatic heterocycles. The zero-order chi connectivity index (χ0) is 17.8. The summed E-state index contributed by atoms with van der Waals surface area (Å²) in [6, 6.07) is 14.5. The van der Waals surface area contributed by atoms with Gasteiger partial charge in [0, 0.05) is 23.4 Å². The van der Waals surface area contributed by atoms with Gasteiger partial charge in [0.05, 0.1) is 18.4 Å². The van der Waals surface area contributed by atoms with E-state index in [1.807, 2.05) is 35.7 Å². The van der Waals surface area contributed by atoms with Gasteiger partial charge < -0.3 is 9.47 Å². The second kappa shape index (κ2) is 7.27. The van der Waals surface area contributed by atoms with Crippen LogP contribution in [0, 0.1) is 0 Å². The molecule has 0 fully saturated rings. The largest absolute Gasteiger partial charge is 0.465 e. The molecule has 3 rings (SSSR count). The maximum absolute atomic E-state index is 12.1. The van der Waals surface area contributed by atoms with Gasteiger partial charge in [-0.2, -0.15) is 0 Å². The van der Waals surface area contributed by atoms with Crippen molar-refractivity contribution in [3.8, 4) is 27.6 Å². The monoisotopic (exact) mass is 353 g/mol. The number of hydrogen-bond acceptors (Lipinski definition) is 6. The molecule has 0 radical (unpaired) electrons. The first kappa shape index (κ1) is 16.9. The van der Waals surface area contributed by atoms with Gasteiger partial charge in [-0.25, -0.2) is 9.78 Å². The molecule has 0 spiro atoms. The minimum atomic E-state index is -0.473. The van der Waals surface area contributed by atoms with E-state index >= 15 is 0 Å². The molecule has 1 aromatic heterocycles. The minimum Gasteiger partial charge on any atom is -0.465 e. The zero-order valence-corrected chi connectivity index (χ0v) is 14.5. The van der Waals surface area contributed by atoms with Gasteiger partial charge in [-0.15, -0.1) is 11.3 Å². The Morgan fingerprint density at radius 2 is 1.84 bits per heavy atom. The number of ether oxygens (including phenoxy) is 2. The van der Waals surface area contributed by atoms with Crippen LogP contribution in [0.3, 0.4) is 0 Å². The third kappa shape index (κ3) is 3.75. The number of carbonyl (C=O) groups excluding carboxylic acids is 2. The number of methoxy groups -OCH3 is 1. The van der Waals surface area contributed by atoms with Crippen LogP contribution in [0.15, 0.2) is 53.9 Å². The van der Waals surface area contributed by atoms with Gasteiger partial charge in [-0.05, 0) is 18.2 Å². The number of carbonyl (C=O) groups is 2. The first-order chi connectivity index (χ1) is 12.1. The Morgan fingerprint density at radius 3 is 2.52 bits per heavy atom. The van der Waals surface area contributed by atoms with Crippen molar-refractivity contribution < 1.29 is 19.1 Å². The number of hydrogen-bond donors (Lipinski definition) is 0. The number of esters is 2. The summed E-state index contributed by atoms with van der Waals surface area (Å²) >= 11 is 1.47. The Kier molecular flexibility index (Phi) is 4.90. The molecule has 0 unspecified atom stereocenters. The predicted octanol–water partition coefficient (Wildman–Crippen LogP) is 4.19. The predicted molar refractivity (Wildman–Crippen MR) is 95.6 cm³/mol. The first-order valence-electron chi connectivity index (χ1n) is 7.50. The lowest BCUT2D eigenvalue weighted by Crippen LogP contribution is -2.06. The fourth-order valence-electron chi connectivity index (χ4n) is 2.36. The summed E-state index contributed by atoms with van der Waals surface area (Å²) in [6.45, 7) is 1.32. The van der Waals surface area contributed by atoms with Crippen molar-refractivity contribution in [2.24, 2.45) is 0 Å². The van der Waals surface area contributed by atoms with Crippen LogP contribution in [0.4, 0.5) is 0 Å². The second-order valence-corrected chi connectivity index (χ2v) is 6.05. The van der Waals surface area contributed by atoms with Gasteiger partial charge in [0.15, 0.2) is 0 Å². The highest BCUT2D eigenvalue weighted by molar-refractivity contribution is 7.13. The fraction of sp³-hybridized carbons (Fsp3) is 0.105. The van der Waals surface area contributed by atoms with Crippen LogP contribution in [0.25, 0.3) is 21.8 Å². The Morgan fingerprint density at radius 1 is 1.08 bits per heavy atom. The third-order valence-electron chi connectivity index (χ3n) is 3.46. The number of benzene rings is 2. The molecule has 6 heteroatoms. The van der Waals surface area contributed by atoms with Crippen molar-refractivity contribution in [3.05, 3.63) is 59.5 Å². The second-order valence-electron chi connectivity index (χ2n) is 5.20. The van der Waals surface area contributed by atoms with Crippen molar-refractivity contribution >= 4 is 23.3 Å². The summed E-state index contributed by atoms with van der Waals surface area (Å²) in [5, 5.41) is 2.70. The molecule has 1 heterocycles.